The molecule has 7 nitrogen and oxygen atoms in total. The molecule has 7 heteroatoms. The van der Waals surface area contributed by atoms with Crippen molar-refractivity contribution in [3.8, 4) is 5.88 Å². The van der Waals surface area contributed by atoms with E-state index in [-0.39, 0.29) is 18.3 Å². The van der Waals surface area contributed by atoms with Crippen LogP contribution in [0.15, 0.2) is 35.1 Å². The van der Waals surface area contributed by atoms with Crippen LogP contribution in [0.25, 0.3) is 0 Å². The van der Waals surface area contributed by atoms with Crippen LogP contribution >= 0.6 is 0 Å². The van der Waals surface area contributed by atoms with Gasteiger partial charge >= 0.3 is 0 Å². The number of hydrogen-bond acceptors (Lipinski definition) is 5. The second-order valence-corrected chi connectivity index (χ2v) is 6.57. The van der Waals surface area contributed by atoms with Crippen molar-refractivity contribution >= 4 is 5.91 Å². The fourth-order valence-corrected chi connectivity index (χ4v) is 2.33. The molecule has 0 unspecified atom stereocenters. The highest BCUT2D eigenvalue weighted by Crippen LogP contribution is 2.14. The number of carbonyl (C=O) groups is 1. The molecule has 25 heavy (non-hydrogen) atoms. The molecule has 1 heterocycles. The Balaban J connectivity index is 1.91. The Morgan fingerprint density at radius 1 is 1.28 bits per heavy atom. The SMILES string of the molecule is CC(C)(O)CCc1cccc(C(=O)NCCc2nc(O)cc(=O)[nH]2)c1. The summed E-state index contributed by atoms with van der Waals surface area (Å²) in [5, 5.41) is 21.8. The van der Waals surface area contributed by atoms with Gasteiger partial charge in [0.25, 0.3) is 11.5 Å². The van der Waals surface area contributed by atoms with Gasteiger partial charge in [-0.2, -0.15) is 0 Å². The summed E-state index contributed by atoms with van der Waals surface area (Å²) in [6.07, 6.45) is 1.58. The van der Waals surface area contributed by atoms with Gasteiger partial charge in [-0.15, -0.1) is 0 Å². The molecule has 4 N–H and O–H groups in total. The van der Waals surface area contributed by atoms with Crippen molar-refractivity contribution in [2.75, 3.05) is 6.54 Å². The van der Waals surface area contributed by atoms with Gasteiger partial charge in [0.15, 0.2) is 0 Å². The summed E-state index contributed by atoms with van der Waals surface area (Å²) in [6.45, 7) is 3.78. The van der Waals surface area contributed by atoms with E-state index >= 15 is 0 Å². The highest BCUT2D eigenvalue weighted by molar-refractivity contribution is 5.94. The molecule has 0 spiro atoms. The smallest absolute Gasteiger partial charge is 0.254 e. The van der Waals surface area contributed by atoms with Gasteiger partial charge in [0.05, 0.1) is 11.7 Å². The highest BCUT2D eigenvalue weighted by atomic mass is 16.3. The zero-order chi connectivity index (χ0) is 18.4. The Kier molecular flexibility index (Phi) is 5.93. The van der Waals surface area contributed by atoms with E-state index in [0.717, 1.165) is 11.6 Å². The molecule has 0 saturated heterocycles. The first-order valence-electron chi connectivity index (χ1n) is 8.12. The topological polar surface area (TPSA) is 115 Å². The molecule has 2 aromatic rings. The van der Waals surface area contributed by atoms with Crippen molar-refractivity contribution in [1.29, 1.82) is 0 Å². The highest BCUT2D eigenvalue weighted by Gasteiger charge is 2.13. The maximum Gasteiger partial charge on any atom is 0.254 e. The number of H-pyrrole nitrogens is 1. The standard InChI is InChI=1S/C18H23N3O4/c1-18(2,25)8-6-12-4-3-5-13(10-12)17(24)19-9-7-14-20-15(22)11-16(23)21-14/h3-5,10-11,25H,6-9H2,1-2H3,(H,19,24)(H2,20,21,22,23). The molecule has 0 atom stereocenters. The van der Waals surface area contributed by atoms with Crippen LogP contribution in [0.1, 0.15) is 42.0 Å². The van der Waals surface area contributed by atoms with Crippen molar-refractivity contribution in [3.63, 3.8) is 0 Å². The van der Waals surface area contributed by atoms with Crippen molar-refractivity contribution in [2.45, 2.75) is 38.7 Å². The van der Waals surface area contributed by atoms with Crippen molar-refractivity contribution in [1.82, 2.24) is 15.3 Å². The number of nitrogens with zero attached hydrogens (tertiary/aromatic N) is 1. The number of amides is 1. The molecule has 0 radical (unpaired) electrons. The normalized spacial score (nSPS) is 11.3. The molecule has 0 aliphatic heterocycles. The van der Waals surface area contributed by atoms with Gasteiger partial charge in [-0.25, -0.2) is 4.98 Å². The Morgan fingerprint density at radius 3 is 2.72 bits per heavy atom. The van der Waals surface area contributed by atoms with E-state index < -0.39 is 11.2 Å². The molecule has 1 amide bonds. The summed E-state index contributed by atoms with van der Waals surface area (Å²) >= 11 is 0. The Morgan fingerprint density at radius 2 is 2.04 bits per heavy atom. The molecular formula is C18H23N3O4. The number of aromatic hydroxyl groups is 1. The monoisotopic (exact) mass is 345 g/mol. The molecule has 0 fully saturated rings. The first kappa shape index (κ1) is 18.7. The van der Waals surface area contributed by atoms with Crippen LogP contribution in [-0.2, 0) is 12.8 Å². The first-order valence-corrected chi connectivity index (χ1v) is 8.12. The summed E-state index contributed by atoms with van der Waals surface area (Å²) in [5.74, 6) is -0.263. The quantitative estimate of drug-likeness (QED) is 0.601. The molecule has 0 saturated carbocycles. The van der Waals surface area contributed by atoms with Gasteiger partial charge in [-0.05, 0) is 44.4 Å². The molecular weight excluding hydrogens is 322 g/mol. The zero-order valence-corrected chi connectivity index (χ0v) is 14.4. The number of carbonyl (C=O) groups excluding carboxylic acids is 1. The van der Waals surface area contributed by atoms with Gasteiger partial charge in [0.2, 0.25) is 5.88 Å². The van der Waals surface area contributed by atoms with E-state index in [1.54, 1.807) is 26.0 Å². The first-order chi connectivity index (χ1) is 11.7. The van der Waals surface area contributed by atoms with Gasteiger partial charge in [-0.3, -0.25) is 9.59 Å². The number of aryl methyl sites for hydroxylation is 1. The molecule has 0 bridgehead atoms. The number of aromatic nitrogens is 2. The molecule has 134 valence electrons. The van der Waals surface area contributed by atoms with Crippen LogP contribution in [0.4, 0.5) is 0 Å². The molecule has 2 rings (SSSR count). The van der Waals surface area contributed by atoms with Crippen molar-refractivity contribution < 1.29 is 15.0 Å². The maximum absolute atomic E-state index is 12.2. The summed E-state index contributed by atoms with van der Waals surface area (Å²) in [4.78, 5) is 29.7. The molecule has 0 aliphatic rings. The lowest BCUT2D eigenvalue weighted by Gasteiger charge is -2.16. The fourth-order valence-electron chi connectivity index (χ4n) is 2.33. The summed E-state index contributed by atoms with van der Waals surface area (Å²) in [7, 11) is 0. The predicted octanol–water partition coefficient (Wildman–Crippen LogP) is 1.15. The van der Waals surface area contributed by atoms with Crippen LogP contribution < -0.4 is 10.9 Å². The Bertz CT molecular complexity index is 793. The van der Waals surface area contributed by atoms with Gasteiger partial charge < -0.3 is 20.5 Å². The maximum atomic E-state index is 12.2. The second-order valence-electron chi connectivity index (χ2n) is 6.57. The lowest BCUT2D eigenvalue weighted by atomic mass is 9.98. The molecule has 0 aliphatic carbocycles. The van der Waals surface area contributed by atoms with E-state index in [1.165, 1.54) is 0 Å². The van der Waals surface area contributed by atoms with Gasteiger partial charge in [0, 0.05) is 18.5 Å². The van der Waals surface area contributed by atoms with Crippen LogP contribution in [0, 0.1) is 0 Å². The van der Waals surface area contributed by atoms with Gasteiger partial charge in [0.1, 0.15) is 5.82 Å². The van der Waals surface area contributed by atoms with E-state index in [1.807, 2.05) is 12.1 Å². The van der Waals surface area contributed by atoms with E-state index in [9.17, 15) is 19.8 Å². The minimum atomic E-state index is -0.747. The van der Waals surface area contributed by atoms with E-state index in [4.69, 9.17) is 0 Å². The van der Waals surface area contributed by atoms with Crippen LogP contribution in [0.2, 0.25) is 0 Å². The van der Waals surface area contributed by atoms with Crippen LogP contribution in [0.3, 0.4) is 0 Å². The summed E-state index contributed by atoms with van der Waals surface area (Å²) in [5.41, 5.74) is 0.330. The number of benzene rings is 1. The number of aliphatic hydroxyl groups is 1. The van der Waals surface area contributed by atoms with Crippen LogP contribution in [0.5, 0.6) is 5.88 Å². The number of nitrogens with one attached hydrogen (secondary N) is 2. The number of hydrogen-bond donors (Lipinski definition) is 4. The Hall–Kier alpha value is -2.67. The predicted molar refractivity (Wildman–Crippen MR) is 93.6 cm³/mol. The number of rotatable bonds is 7. The van der Waals surface area contributed by atoms with Crippen LogP contribution in [-0.4, -0.2) is 38.2 Å². The van der Waals surface area contributed by atoms with E-state index in [2.05, 4.69) is 15.3 Å². The third-order valence-corrected chi connectivity index (χ3v) is 3.64. The lowest BCUT2D eigenvalue weighted by molar-refractivity contribution is 0.0714. The second kappa shape index (κ2) is 7.94. The molecule has 1 aromatic carbocycles. The van der Waals surface area contributed by atoms with Gasteiger partial charge in [-0.1, -0.05) is 12.1 Å². The third kappa shape index (κ3) is 6.39. The average Bonchev–Trinajstić information content (AvgIpc) is 2.51. The minimum absolute atomic E-state index is 0.229. The molecule has 1 aromatic heterocycles. The minimum Gasteiger partial charge on any atom is -0.493 e. The Labute approximate surface area is 145 Å². The van der Waals surface area contributed by atoms with E-state index in [0.29, 0.717) is 30.7 Å². The lowest BCUT2D eigenvalue weighted by Crippen LogP contribution is -2.27. The zero-order valence-electron chi connectivity index (χ0n) is 14.4. The summed E-state index contributed by atoms with van der Waals surface area (Å²) < 4.78 is 0. The largest absolute Gasteiger partial charge is 0.493 e. The fraction of sp³-hybridized carbons (Fsp3) is 0.389. The summed E-state index contributed by atoms with van der Waals surface area (Å²) in [6, 6.07) is 8.24. The number of aromatic amines is 1. The van der Waals surface area contributed by atoms with Crippen molar-refractivity contribution in [3.05, 3.63) is 57.6 Å². The average molecular weight is 345 g/mol. The van der Waals surface area contributed by atoms with Crippen molar-refractivity contribution in [2.24, 2.45) is 0 Å². The third-order valence-electron chi connectivity index (χ3n) is 3.64.